The van der Waals surface area contributed by atoms with Crippen molar-refractivity contribution < 1.29 is 27.8 Å². The molecular formula is C18H22F2N4O4S. The van der Waals surface area contributed by atoms with Crippen molar-refractivity contribution in [2.75, 3.05) is 20.7 Å². The molecule has 0 aliphatic carbocycles. The third-order valence-corrected chi connectivity index (χ3v) is 4.60. The van der Waals surface area contributed by atoms with E-state index in [1.54, 1.807) is 18.0 Å². The summed E-state index contributed by atoms with van der Waals surface area (Å²) in [7, 11) is 3.03. The first-order valence-corrected chi connectivity index (χ1v) is 9.43. The van der Waals surface area contributed by atoms with E-state index in [0.717, 1.165) is 5.69 Å². The van der Waals surface area contributed by atoms with Crippen molar-refractivity contribution in [2.24, 2.45) is 0 Å². The number of nitrogens with zero attached hydrogens (tertiary/aromatic N) is 2. The Balaban J connectivity index is 1.81. The Labute approximate surface area is 170 Å². The van der Waals surface area contributed by atoms with Gasteiger partial charge in [-0.2, -0.15) is 8.78 Å². The lowest BCUT2D eigenvalue weighted by Crippen LogP contribution is -2.46. The summed E-state index contributed by atoms with van der Waals surface area (Å²) in [6.45, 7) is -0.864. The van der Waals surface area contributed by atoms with Crippen molar-refractivity contribution >= 4 is 23.2 Å². The first-order valence-electron chi connectivity index (χ1n) is 8.55. The van der Waals surface area contributed by atoms with Crippen molar-refractivity contribution in [2.45, 2.75) is 26.5 Å². The fraction of sp³-hybridized carbons (Fsp3) is 0.389. The van der Waals surface area contributed by atoms with E-state index in [4.69, 9.17) is 4.74 Å². The van der Waals surface area contributed by atoms with E-state index in [9.17, 15) is 18.4 Å². The molecule has 0 unspecified atom stereocenters. The standard InChI is InChI=1S/C18H22F2N4O4S/c1-11-10-29-17(21-11)7-15(25)22-23-16(26)9-24(2)8-12-4-5-13(27-3)14(6-12)28-18(19)20/h4-6,10,18H,7-9H2,1-3H3,(H,22,25)(H,23,26). The Hall–Kier alpha value is -2.79. The summed E-state index contributed by atoms with van der Waals surface area (Å²) in [4.78, 5) is 29.7. The monoisotopic (exact) mass is 428 g/mol. The summed E-state index contributed by atoms with van der Waals surface area (Å²) < 4.78 is 34.5. The normalized spacial score (nSPS) is 10.9. The van der Waals surface area contributed by atoms with Crippen LogP contribution >= 0.6 is 11.3 Å². The molecule has 2 aromatic rings. The lowest BCUT2D eigenvalue weighted by atomic mass is 10.2. The van der Waals surface area contributed by atoms with Gasteiger partial charge >= 0.3 is 6.61 Å². The second-order valence-corrected chi connectivity index (χ2v) is 7.13. The van der Waals surface area contributed by atoms with Gasteiger partial charge in [0.25, 0.3) is 5.91 Å². The molecule has 0 spiro atoms. The van der Waals surface area contributed by atoms with Crippen molar-refractivity contribution in [3.8, 4) is 11.5 Å². The Kier molecular flexibility index (Phi) is 8.28. The number of hydrazine groups is 1. The molecule has 158 valence electrons. The molecule has 0 atom stereocenters. The SMILES string of the molecule is COc1ccc(CN(C)CC(=O)NNC(=O)Cc2nc(C)cs2)cc1OC(F)F. The van der Waals surface area contributed by atoms with Crippen LogP contribution in [0.2, 0.25) is 0 Å². The molecule has 1 heterocycles. The molecular weight excluding hydrogens is 406 g/mol. The number of alkyl halides is 2. The molecule has 2 amide bonds. The van der Waals surface area contributed by atoms with Gasteiger partial charge in [-0.25, -0.2) is 4.98 Å². The van der Waals surface area contributed by atoms with Crippen LogP contribution in [0.25, 0.3) is 0 Å². The number of nitrogens with one attached hydrogen (secondary N) is 2. The van der Waals surface area contributed by atoms with E-state index in [1.165, 1.54) is 30.6 Å². The number of hydrogen-bond acceptors (Lipinski definition) is 7. The van der Waals surface area contributed by atoms with Crippen LogP contribution in [-0.4, -0.2) is 49.0 Å². The van der Waals surface area contributed by atoms with E-state index in [1.807, 2.05) is 12.3 Å². The molecule has 0 radical (unpaired) electrons. The summed E-state index contributed by atoms with van der Waals surface area (Å²) in [5, 5.41) is 2.50. The fourth-order valence-corrected chi connectivity index (χ4v) is 3.24. The first-order chi connectivity index (χ1) is 13.8. The van der Waals surface area contributed by atoms with Gasteiger partial charge in [0.05, 0.1) is 20.1 Å². The highest BCUT2D eigenvalue weighted by Crippen LogP contribution is 2.29. The summed E-state index contributed by atoms with van der Waals surface area (Å²) in [6.07, 6.45) is 0.0768. The van der Waals surface area contributed by atoms with E-state index < -0.39 is 12.5 Å². The van der Waals surface area contributed by atoms with Crippen LogP contribution in [0.4, 0.5) is 8.78 Å². The van der Waals surface area contributed by atoms with Crippen LogP contribution in [-0.2, 0) is 22.6 Å². The minimum Gasteiger partial charge on any atom is -0.493 e. The predicted octanol–water partition coefficient (Wildman–Crippen LogP) is 1.88. The molecule has 2 N–H and O–H groups in total. The van der Waals surface area contributed by atoms with Gasteiger partial charge in [-0.1, -0.05) is 6.07 Å². The van der Waals surface area contributed by atoms with Crippen molar-refractivity contribution in [1.29, 1.82) is 0 Å². The first kappa shape index (κ1) is 22.5. The number of aromatic nitrogens is 1. The van der Waals surface area contributed by atoms with Gasteiger partial charge in [-0.15, -0.1) is 11.3 Å². The Morgan fingerprint density at radius 1 is 1.24 bits per heavy atom. The average Bonchev–Trinajstić information content (AvgIpc) is 3.04. The number of methoxy groups -OCH3 is 1. The van der Waals surface area contributed by atoms with Crippen LogP contribution in [0.5, 0.6) is 11.5 Å². The summed E-state index contributed by atoms with van der Waals surface area (Å²) in [6, 6.07) is 4.63. The average molecular weight is 428 g/mol. The second kappa shape index (κ2) is 10.7. The highest BCUT2D eigenvalue weighted by atomic mass is 32.1. The smallest absolute Gasteiger partial charge is 0.387 e. The number of halogens is 2. The minimum atomic E-state index is -2.97. The molecule has 0 fully saturated rings. The van der Waals surface area contributed by atoms with Crippen LogP contribution in [0.3, 0.4) is 0 Å². The van der Waals surface area contributed by atoms with Gasteiger partial charge in [-0.05, 0) is 31.7 Å². The van der Waals surface area contributed by atoms with Crippen LogP contribution in [0.1, 0.15) is 16.3 Å². The number of thiazole rings is 1. The number of carbonyl (C=O) groups is 2. The summed E-state index contributed by atoms with van der Waals surface area (Å²) in [5.74, 6) is -0.692. The van der Waals surface area contributed by atoms with E-state index >= 15 is 0 Å². The molecule has 0 saturated carbocycles. The maximum Gasteiger partial charge on any atom is 0.387 e. The van der Waals surface area contributed by atoms with Gasteiger partial charge in [0.1, 0.15) is 5.01 Å². The molecule has 2 rings (SSSR count). The number of hydrogen-bond donors (Lipinski definition) is 2. The number of aryl methyl sites for hydroxylation is 1. The lowest BCUT2D eigenvalue weighted by Gasteiger charge is -2.18. The predicted molar refractivity (Wildman–Crippen MR) is 103 cm³/mol. The molecule has 8 nitrogen and oxygen atoms in total. The van der Waals surface area contributed by atoms with E-state index in [-0.39, 0.29) is 30.4 Å². The van der Waals surface area contributed by atoms with Crippen LogP contribution in [0.15, 0.2) is 23.6 Å². The number of benzene rings is 1. The van der Waals surface area contributed by atoms with Gasteiger partial charge in [0.15, 0.2) is 11.5 Å². The summed E-state index contributed by atoms with van der Waals surface area (Å²) in [5.41, 5.74) is 6.16. The van der Waals surface area contributed by atoms with Crippen molar-refractivity contribution in [1.82, 2.24) is 20.7 Å². The molecule has 1 aromatic carbocycles. The third-order valence-electron chi connectivity index (χ3n) is 3.63. The molecule has 0 saturated heterocycles. The number of amides is 2. The van der Waals surface area contributed by atoms with Gasteiger partial charge < -0.3 is 9.47 Å². The molecule has 1 aromatic heterocycles. The van der Waals surface area contributed by atoms with Gasteiger partial charge in [0.2, 0.25) is 5.91 Å². The van der Waals surface area contributed by atoms with Crippen molar-refractivity contribution in [3.05, 3.63) is 39.8 Å². The van der Waals surface area contributed by atoms with Crippen molar-refractivity contribution in [3.63, 3.8) is 0 Å². The zero-order valence-electron chi connectivity index (χ0n) is 16.2. The molecule has 0 aliphatic heterocycles. The molecule has 11 heteroatoms. The zero-order valence-corrected chi connectivity index (χ0v) is 17.0. The molecule has 0 aliphatic rings. The minimum absolute atomic E-state index is 0.0201. The second-order valence-electron chi connectivity index (χ2n) is 6.19. The highest BCUT2D eigenvalue weighted by Gasteiger charge is 2.14. The Morgan fingerprint density at radius 2 is 1.97 bits per heavy atom. The number of carbonyl (C=O) groups excluding carboxylic acids is 2. The Morgan fingerprint density at radius 3 is 2.59 bits per heavy atom. The zero-order chi connectivity index (χ0) is 21.4. The van der Waals surface area contributed by atoms with Gasteiger partial charge in [0, 0.05) is 17.6 Å². The lowest BCUT2D eigenvalue weighted by molar-refractivity contribution is -0.129. The van der Waals surface area contributed by atoms with Crippen LogP contribution in [0, 0.1) is 6.92 Å². The maximum absolute atomic E-state index is 12.5. The summed E-state index contributed by atoms with van der Waals surface area (Å²) >= 11 is 1.37. The van der Waals surface area contributed by atoms with E-state index in [2.05, 4.69) is 20.6 Å². The fourth-order valence-electron chi connectivity index (χ4n) is 2.46. The maximum atomic E-state index is 12.5. The number of ether oxygens (including phenoxy) is 2. The third kappa shape index (κ3) is 7.62. The molecule has 0 bridgehead atoms. The highest BCUT2D eigenvalue weighted by molar-refractivity contribution is 7.09. The Bertz CT molecular complexity index is 847. The topological polar surface area (TPSA) is 92.8 Å². The number of likely N-dealkylation sites (N-methyl/N-ethyl adjacent to an activating group) is 1. The van der Waals surface area contributed by atoms with Gasteiger partial charge in [-0.3, -0.25) is 25.3 Å². The quantitative estimate of drug-likeness (QED) is 0.593. The largest absolute Gasteiger partial charge is 0.493 e. The van der Waals surface area contributed by atoms with Crippen LogP contribution < -0.4 is 20.3 Å². The molecule has 29 heavy (non-hydrogen) atoms. The number of rotatable bonds is 9. The van der Waals surface area contributed by atoms with E-state index in [0.29, 0.717) is 17.1 Å².